The highest BCUT2D eigenvalue weighted by molar-refractivity contribution is 8.15. The van der Waals surface area contributed by atoms with Crippen molar-refractivity contribution in [3.63, 3.8) is 0 Å². The number of hydrogen-bond acceptors (Lipinski definition) is 5. The van der Waals surface area contributed by atoms with Crippen molar-refractivity contribution >= 4 is 34.3 Å². The second kappa shape index (κ2) is 5.97. The molecule has 0 spiro atoms. The number of rotatable bonds is 3. The van der Waals surface area contributed by atoms with Crippen LogP contribution in [-0.4, -0.2) is 28.9 Å². The topological polar surface area (TPSA) is 54.8 Å². The molecule has 1 amide bonds. The van der Waals surface area contributed by atoms with E-state index >= 15 is 0 Å². The molecule has 1 aromatic heterocycles. The lowest BCUT2D eigenvalue weighted by atomic mass is 10.3. The molecule has 3 rings (SSSR count). The number of aliphatic imine (C=N–C) groups is 1. The Labute approximate surface area is 126 Å². The molecular formula is C15H13N3O2S. The zero-order valence-corrected chi connectivity index (χ0v) is 12.2. The summed E-state index contributed by atoms with van der Waals surface area (Å²) in [4.78, 5) is 22.4. The van der Waals surface area contributed by atoms with Crippen LogP contribution in [0.2, 0.25) is 0 Å². The zero-order valence-electron chi connectivity index (χ0n) is 11.4. The van der Waals surface area contributed by atoms with Crippen LogP contribution in [0.4, 0.5) is 11.5 Å². The molecule has 1 aromatic carbocycles. The molecule has 0 radical (unpaired) electrons. The van der Waals surface area contributed by atoms with Gasteiger partial charge < -0.3 is 4.74 Å². The van der Waals surface area contributed by atoms with Crippen LogP contribution in [-0.2, 0) is 4.79 Å². The summed E-state index contributed by atoms with van der Waals surface area (Å²) in [7, 11) is 1.60. The number of ether oxygens (including phenoxy) is 1. The molecule has 0 bridgehead atoms. The summed E-state index contributed by atoms with van der Waals surface area (Å²) in [5.74, 6) is 1.60. The minimum absolute atomic E-state index is 0.0210. The van der Waals surface area contributed by atoms with Crippen LogP contribution in [0.1, 0.15) is 0 Å². The Morgan fingerprint density at radius 1 is 1.24 bits per heavy atom. The Hall–Kier alpha value is -2.34. The maximum atomic E-state index is 12.1. The van der Waals surface area contributed by atoms with Crippen molar-refractivity contribution in [1.82, 2.24) is 4.98 Å². The number of aromatic nitrogens is 1. The van der Waals surface area contributed by atoms with Gasteiger partial charge in [0.1, 0.15) is 17.3 Å². The van der Waals surface area contributed by atoms with Gasteiger partial charge in [-0.15, -0.1) is 0 Å². The summed E-state index contributed by atoms with van der Waals surface area (Å²) >= 11 is 1.40. The average Bonchev–Trinajstić information content (AvgIpc) is 2.89. The first-order valence-corrected chi connectivity index (χ1v) is 7.36. The van der Waals surface area contributed by atoms with Crippen molar-refractivity contribution in [2.45, 2.75) is 0 Å². The standard InChI is InChI=1S/C15H13N3O2S/c1-20-12-7-3-2-6-11(12)17-15-18(14(19)10-21-15)13-8-4-5-9-16-13/h2-9H,10H2,1H3. The second-order valence-corrected chi connectivity index (χ2v) is 5.21. The smallest absolute Gasteiger partial charge is 0.244 e. The first-order valence-electron chi connectivity index (χ1n) is 6.38. The van der Waals surface area contributed by atoms with Crippen molar-refractivity contribution in [2.24, 2.45) is 4.99 Å². The summed E-state index contributed by atoms with van der Waals surface area (Å²) in [6.07, 6.45) is 1.66. The van der Waals surface area contributed by atoms with Crippen molar-refractivity contribution in [1.29, 1.82) is 0 Å². The van der Waals surface area contributed by atoms with Crippen LogP contribution >= 0.6 is 11.8 Å². The molecule has 6 heteroatoms. The van der Waals surface area contributed by atoms with E-state index in [9.17, 15) is 4.79 Å². The van der Waals surface area contributed by atoms with E-state index in [1.807, 2.05) is 36.4 Å². The van der Waals surface area contributed by atoms with E-state index in [1.54, 1.807) is 19.4 Å². The van der Waals surface area contributed by atoms with E-state index < -0.39 is 0 Å². The number of carbonyl (C=O) groups excluding carboxylic acids is 1. The predicted molar refractivity (Wildman–Crippen MR) is 84.3 cm³/mol. The molecule has 5 nitrogen and oxygen atoms in total. The minimum Gasteiger partial charge on any atom is -0.494 e. The molecule has 2 heterocycles. The van der Waals surface area contributed by atoms with E-state index in [0.717, 1.165) is 0 Å². The van der Waals surface area contributed by atoms with Gasteiger partial charge in [0, 0.05) is 6.20 Å². The molecule has 0 unspecified atom stereocenters. The first kappa shape index (κ1) is 13.6. The van der Waals surface area contributed by atoms with Gasteiger partial charge in [0.05, 0.1) is 12.9 Å². The van der Waals surface area contributed by atoms with Gasteiger partial charge in [0.25, 0.3) is 0 Å². The van der Waals surface area contributed by atoms with Gasteiger partial charge in [-0.1, -0.05) is 30.0 Å². The number of nitrogens with zero attached hydrogens (tertiary/aromatic N) is 3. The van der Waals surface area contributed by atoms with Gasteiger partial charge in [-0.05, 0) is 24.3 Å². The third kappa shape index (κ3) is 2.75. The lowest BCUT2D eigenvalue weighted by Gasteiger charge is -2.14. The number of benzene rings is 1. The monoisotopic (exact) mass is 299 g/mol. The third-order valence-corrected chi connectivity index (χ3v) is 3.87. The minimum atomic E-state index is -0.0210. The summed E-state index contributed by atoms with van der Waals surface area (Å²) < 4.78 is 5.29. The molecular weight excluding hydrogens is 286 g/mol. The zero-order chi connectivity index (χ0) is 14.7. The fourth-order valence-electron chi connectivity index (χ4n) is 1.98. The molecule has 2 aromatic rings. The van der Waals surface area contributed by atoms with Crippen molar-refractivity contribution in [3.8, 4) is 5.75 Å². The van der Waals surface area contributed by atoms with Crippen LogP contribution < -0.4 is 9.64 Å². The van der Waals surface area contributed by atoms with Gasteiger partial charge in [0.15, 0.2) is 5.17 Å². The largest absolute Gasteiger partial charge is 0.494 e. The van der Waals surface area contributed by atoms with E-state index in [0.29, 0.717) is 28.2 Å². The lowest BCUT2D eigenvalue weighted by Crippen LogP contribution is -2.29. The average molecular weight is 299 g/mol. The number of hydrogen-bond donors (Lipinski definition) is 0. The number of anilines is 1. The van der Waals surface area contributed by atoms with Crippen molar-refractivity contribution < 1.29 is 9.53 Å². The highest BCUT2D eigenvalue weighted by Gasteiger charge is 2.30. The fourth-order valence-corrected chi connectivity index (χ4v) is 2.85. The van der Waals surface area contributed by atoms with E-state index in [1.165, 1.54) is 16.7 Å². The van der Waals surface area contributed by atoms with Crippen molar-refractivity contribution in [2.75, 3.05) is 17.8 Å². The summed E-state index contributed by atoms with van der Waals surface area (Å²) in [6.45, 7) is 0. The highest BCUT2D eigenvalue weighted by atomic mass is 32.2. The van der Waals surface area contributed by atoms with Gasteiger partial charge in [-0.25, -0.2) is 14.9 Å². The fraction of sp³-hybridized carbons (Fsp3) is 0.133. The number of carbonyl (C=O) groups is 1. The molecule has 0 N–H and O–H groups in total. The van der Waals surface area contributed by atoms with Gasteiger partial charge in [0.2, 0.25) is 5.91 Å². The van der Waals surface area contributed by atoms with Crippen LogP contribution in [0.3, 0.4) is 0 Å². The SMILES string of the molecule is COc1ccccc1N=C1SCC(=O)N1c1ccccn1. The van der Waals surface area contributed by atoms with Gasteiger partial charge in [-0.2, -0.15) is 0 Å². The molecule has 1 aliphatic heterocycles. The molecule has 106 valence electrons. The number of amidine groups is 1. The Balaban J connectivity index is 2.01. The molecule has 0 aliphatic carbocycles. The maximum absolute atomic E-state index is 12.1. The maximum Gasteiger partial charge on any atom is 0.244 e. The molecule has 1 aliphatic rings. The van der Waals surface area contributed by atoms with Gasteiger partial charge >= 0.3 is 0 Å². The van der Waals surface area contributed by atoms with Crippen molar-refractivity contribution in [3.05, 3.63) is 48.7 Å². The quantitative estimate of drug-likeness (QED) is 0.874. The summed E-state index contributed by atoms with van der Waals surface area (Å²) in [5.41, 5.74) is 0.693. The number of amides is 1. The normalized spacial score (nSPS) is 16.5. The molecule has 0 atom stereocenters. The van der Waals surface area contributed by atoms with Crippen LogP contribution in [0.5, 0.6) is 5.75 Å². The molecule has 21 heavy (non-hydrogen) atoms. The molecule has 0 saturated carbocycles. The van der Waals surface area contributed by atoms with E-state index in [-0.39, 0.29) is 5.91 Å². The Kier molecular flexibility index (Phi) is 3.87. The summed E-state index contributed by atoms with van der Waals surface area (Å²) in [6, 6.07) is 12.9. The van der Waals surface area contributed by atoms with E-state index in [4.69, 9.17) is 4.74 Å². The lowest BCUT2D eigenvalue weighted by molar-refractivity contribution is -0.115. The molecule has 1 saturated heterocycles. The Bertz CT molecular complexity index is 688. The number of pyridine rings is 1. The first-order chi connectivity index (χ1) is 10.3. The van der Waals surface area contributed by atoms with E-state index in [2.05, 4.69) is 9.98 Å². The van der Waals surface area contributed by atoms with Crippen LogP contribution in [0.25, 0.3) is 0 Å². The highest BCUT2D eigenvalue weighted by Crippen LogP contribution is 2.31. The van der Waals surface area contributed by atoms with Crippen LogP contribution in [0, 0.1) is 0 Å². The van der Waals surface area contributed by atoms with Gasteiger partial charge in [-0.3, -0.25) is 4.79 Å². The molecule has 1 fully saturated rings. The Morgan fingerprint density at radius 2 is 2.05 bits per heavy atom. The van der Waals surface area contributed by atoms with Crippen LogP contribution in [0.15, 0.2) is 53.7 Å². The number of para-hydroxylation sites is 2. The second-order valence-electron chi connectivity index (χ2n) is 4.27. The Morgan fingerprint density at radius 3 is 2.81 bits per heavy atom. The number of thioether (sulfide) groups is 1. The third-order valence-electron chi connectivity index (χ3n) is 2.95. The summed E-state index contributed by atoms with van der Waals surface area (Å²) in [5, 5.41) is 0.614. The number of methoxy groups -OCH3 is 1. The predicted octanol–water partition coefficient (Wildman–Crippen LogP) is 2.86.